The van der Waals surface area contributed by atoms with Gasteiger partial charge in [-0.1, -0.05) is 37.6 Å². The standard InChI is InChI=1S/C17H22ClNS/c1-13(2)10-19-11-16(8-14-6-7-20-12-14)15-4-3-5-17(18)9-15/h3-7,9,12-13,16,19H,8,10-11H2,1-2H3. The molecule has 0 aliphatic carbocycles. The molecule has 0 aliphatic rings. The molecule has 0 spiro atoms. The molecule has 0 fully saturated rings. The lowest BCUT2D eigenvalue weighted by Gasteiger charge is -2.19. The minimum atomic E-state index is 0.474. The van der Waals surface area contributed by atoms with Crippen LogP contribution < -0.4 is 5.32 Å². The Kier molecular flexibility index (Phi) is 6.08. The smallest absolute Gasteiger partial charge is 0.0408 e. The van der Waals surface area contributed by atoms with Gasteiger partial charge >= 0.3 is 0 Å². The van der Waals surface area contributed by atoms with Gasteiger partial charge < -0.3 is 5.32 Å². The van der Waals surface area contributed by atoms with Crippen LogP contribution in [-0.4, -0.2) is 13.1 Å². The van der Waals surface area contributed by atoms with E-state index >= 15 is 0 Å². The molecule has 108 valence electrons. The van der Waals surface area contributed by atoms with Crippen molar-refractivity contribution >= 4 is 22.9 Å². The van der Waals surface area contributed by atoms with E-state index in [-0.39, 0.29) is 0 Å². The Labute approximate surface area is 131 Å². The number of halogens is 1. The number of nitrogens with one attached hydrogen (secondary N) is 1. The van der Waals surface area contributed by atoms with E-state index in [1.807, 2.05) is 12.1 Å². The molecule has 1 unspecified atom stereocenters. The van der Waals surface area contributed by atoms with Crippen molar-refractivity contribution in [2.45, 2.75) is 26.2 Å². The molecular weight excluding hydrogens is 286 g/mol. The Morgan fingerprint density at radius 1 is 1.20 bits per heavy atom. The maximum absolute atomic E-state index is 6.14. The third-order valence-corrected chi connectivity index (χ3v) is 4.29. The van der Waals surface area contributed by atoms with Crippen molar-refractivity contribution in [2.75, 3.05) is 13.1 Å². The Bertz CT molecular complexity index is 507. The van der Waals surface area contributed by atoms with Crippen molar-refractivity contribution < 1.29 is 0 Å². The van der Waals surface area contributed by atoms with Crippen molar-refractivity contribution in [3.8, 4) is 0 Å². The summed E-state index contributed by atoms with van der Waals surface area (Å²) in [5, 5.41) is 8.78. The number of hydrogen-bond acceptors (Lipinski definition) is 2. The molecule has 1 aromatic carbocycles. The summed E-state index contributed by atoms with van der Waals surface area (Å²) in [6, 6.07) is 10.5. The molecule has 1 atom stereocenters. The second-order valence-electron chi connectivity index (χ2n) is 5.64. The fraction of sp³-hybridized carbons (Fsp3) is 0.412. The van der Waals surface area contributed by atoms with Crippen LogP contribution in [0, 0.1) is 5.92 Å². The molecule has 1 aromatic heterocycles. The van der Waals surface area contributed by atoms with E-state index in [0.29, 0.717) is 11.8 Å². The molecule has 2 aromatic rings. The van der Waals surface area contributed by atoms with E-state index in [4.69, 9.17) is 11.6 Å². The zero-order valence-electron chi connectivity index (χ0n) is 12.1. The van der Waals surface area contributed by atoms with E-state index in [1.165, 1.54) is 11.1 Å². The van der Waals surface area contributed by atoms with Gasteiger partial charge in [0.2, 0.25) is 0 Å². The lowest BCUT2D eigenvalue weighted by molar-refractivity contribution is 0.514. The highest BCUT2D eigenvalue weighted by Crippen LogP contribution is 2.24. The molecule has 1 heterocycles. The van der Waals surface area contributed by atoms with Crippen molar-refractivity contribution in [3.63, 3.8) is 0 Å². The molecule has 1 nitrogen and oxygen atoms in total. The summed E-state index contributed by atoms with van der Waals surface area (Å²) in [7, 11) is 0. The fourth-order valence-corrected chi connectivity index (χ4v) is 3.19. The molecule has 3 heteroatoms. The van der Waals surface area contributed by atoms with Gasteiger partial charge in [0, 0.05) is 17.5 Å². The predicted octanol–water partition coefficient (Wildman–Crippen LogP) is 4.97. The van der Waals surface area contributed by atoms with Crippen molar-refractivity contribution in [3.05, 3.63) is 57.2 Å². The molecule has 0 amide bonds. The summed E-state index contributed by atoms with van der Waals surface area (Å²) in [5.41, 5.74) is 2.73. The SMILES string of the molecule is CC(C)CNCC(Cc1ccsc1)c1cccc(Cl)c1. The molecule has 1 N–H and O–H groups in total. The minimum Gasteiger partial charge on any atom is -0.316 e. The highest BCUT2D eigenvalue weighted by molar-refractivity contribution is 7.07. The summed E-state index contributed by atoms with van der Waals surface area (Å²) in [4.78, 5) is 0. The molecule has 0 bridgehead atoms. The van der Waals surface area contributed by atoms with Crippen LogP contribution in [0.5, 0.6) is 0 Å². The van der Waals surface area contributed by atoms with Gasteiger partial charge in [-0.3, -0.25) is 0 Å². The van der Waals surface area contributed by atoms with E-state index in [2.05, 4.69) is 48.1 Å². The van der Waals surface area contributed by atoms with Gasteiger partial charge in [0.25, 0.3) is 0 Å². The van der Waals surface area contributed by atoms with Crippen LogP contribution in [0.2, 0.25) is 5.02 Å². The maximum Gasteiger partial charge on any atom is 0.0408 e. The van der Waals surface area contributed by atoms with E-state index in [1.54, 1.807) is 11.3 Å². The zero-order chi connectivity index (χ0) is 14.4. The quantitative estimate of drug-likeness (QED) is 0.761. The number of rotatable bonds is 7. The second kappa shape index (κ2) is 7.82. The van der Waals surface area contributed by atoms with Crippen molar-refractivity contribution in [1.29, 1.82) is 0 Å². The highest BCUT2D eigenvalue weighted by atomic mass is 35.5. The largest absolute Gasteiger partial charge is 0.316 e. The normalized spacial score (nSPS) is 12.8. The first kappa shape index (κ1) is 15.6. The van der Waals surface area contributed by atoms with Gasteiger partial charge in [0.05, 0.1) is 0 Å². The number of thiophene rings is 1. The highest BCUT2D eigenvalue weighted by Gasteiger charge is 2.13. The van der Waals surface area contributed by atoms with Gasteiger partial charge in [-0.2, -0.15) is 11.3 Å². The Hall–Kier alpha value is -0.830. The summed E-state index contributed by atoms with van der Waals surface area (Å²) in [6.07, 6.45) is 1.06. The maximum atomic E-state index is 6.14. The van der Waals surface area contributed by atoms with E-state index in [9.17, 15) is 0 Å². The molecule has 0 radical (unpaired) electrons. The average Bonchev–Trinajstić information content (AvgIpc) is 2.90. The monoisotopic (exact) mass is 307 g/mol. The lowest BCUT2D eigenvalue weighted by atomic mass is 9.93. The van der Waals surface area contributed by atoms with E-state index in [0.717, 1.165) is 24.5 Å². The van der Waals surface area contributed by atoms with Gasteiger partial charge in [-0.05, 0) is 59.0 Å². The third kappa shape index (κ3) is 4.93. The third-order valence-electron chi connectivity index (χ3n) is 3.33. The Morgan fingerprint density at radius 2 is 2.05 bits per heavy atom. The zero-order valence-corrected chi connectivity index (χ0v) is 13.7. The summed E-state index contributed by atoms with van der Waals surface area (Å²) in [5.74, 6) is 1.15. The van der Waals surface area contributed by atoms with Crippen LogP contribution in [0.1, 0.15) is 30.9 Å². The van der Waals surface area contributed by atoms with Crippen LogP contribution in [0.3, 0.4) is 0 Å². The number of hydrogen-bond donors (Lipinski definition) is 1. The Morgan fingerprint density at radius 3 is 2.70 bits per heavy atom. The minimum absolute atomic E-state index is 0.474. The molecule has 0 saturated heterocycles. The van der Waals surface area contributed by atoms with Gasteiger partial charge in [-0.15, -0.1) is 0 Å². The van der Waals surface area contributed by atoms with Gasteiger partial charge in [-0.25, -0.2) is 0 Å². The topological polar surface area (TPSA) is 12.0 Å². The van der Waals surface area contributed by atoms with Crippen molar-refractivity contribution in [1.82, 2.24) is 5.32 Å². The summed E-state index contributed by atoms with van der Waals surface area (Å²) < 4.78 is 0. The fourth-order valence-electron chi connectivity index (χ4n) is 2.31. The van der Waals surface area contributed by atoms with Gasteiger partial charge in [0.15, 0.2) is 0 Å². The average molecular weight is 308 g/mol. The lowest BCUT2D eigenvalue weighted by Crippen LogP contribution is -2.26. The van der Waals surface area contributed by atoms with Crippen LogP contribution >= 0.6 is 22.9 Å². The van der Waals surface area contributed by atoms with Crippen LogP contribution in [0.4, 0.5) is 0 Å². The summed E-state index contributed by atoms with van der Waals surface area (Å²) in [6.45, 7) is 6.52. The molecular formula is C17H22ClNS. The molecule has 20 heavy (non-hydrogen) atoms. The first-order valence-corrected chi connectivity index (χ1v) is 8.44. The van der Waals surface area contributed by atoms with Crippen LogP contribution in [0.15, 0.2) is 41.1 Å². The van der Waals surface area contributed by atoms with Crippen LogP contribution in [0.25, 0.3) is 0 Å². The van der Waals surface area contributed by atoms with Crippen molar-refractivity contribution in [2.24, 2.45) is 5.92 Å². The van der Waals surface area contributed by atoms with Gasteiger partial charge in [0.1, 0.15) is 0 Å². The van der Waals surface area contributed by atoms with E-state index < -0.39 is 0 Å². The molecule has 0 aliphatic heterocycles. The first-order valence-electron chi connectivity index (χ1n) is 7.12. The predicted molar refractivity (Wildman–Crippen MR) is 89.9 cm³/mol. The molecule has 0 saturated carbocycles. The first-order chi connectivity index (χ1) is 9.65. The summed E-state index contributed by atoms with van der Waals surface area (Å²) >= 11 is 7.90. The molecule has 2 rings (SSSR count). The Balaban J connectivity index is 2.06. The van der Waals surface area contributed by atoms with Crippen LogP contribution in [-0.2, 0) is 6.42 Å². The number of benzene rings is 1. The second-order valence-corrected chi connectivity index (χ2v) is 6.86.